The third kappa shape index (κ3) is 8.27. The predicted molar refractivity (Wildman–Crippen MR) is 168 cm³/mol. The van der Waals surface area contributed by atoms with Gasteiger partial charge in [0.2, 0.25) is 0 Å². The van der Waals surface area contributed by atoms with Gasteiger partial charge in [-0.25, -0.2) is 0 Å². The van der Waals surface area contributed by atoms with Crippen LogP contribution in [0.3, 0.4) is 0 Å². The predicted octanol–water partition coefficient (Wildman–Crippen LogP) is 5.31. The van der Waals surface area contributed by atoms with Gasteiger partial charge in [0.15, 0.2) is 0 Å². The number of hydrogen-bond donors (Lipinski definition) is 5. The largest absolute Gasteiger partial charge is 0.512 e. The van der Waals surface area contributed by atoms with Gasteiger partial charge >= 0.3 is 5.97 Å². The summed E-state index contributed by atoms with van der Waals surface area (Å²) in [7, 11) is 1.47. The molecule has 6 N–H and O–H groups in total. The molecule has 8 atom stereocenters. The van der Waals surface area contributed by atoms with E-state index in [1.165, 1.54) is 76.9 Å². The minimum atomic E-state index is -0.116. The molecule has 0 saturated heterocycles. The Morgan fingerprint density at radius 2 is 1.76 bits per heavy atom. The fourth-order valence-corrected chi connectivity index (χ4v) is 9.37. The Morgan fingerprint density at radius 3 is 2.49 bits per heavy atom. The van der Waals surface area contributed by atoms with Crippen molar-refractivity contribution in [3.8, 4) is 0 Å². The van der Waals surface area contributed by atoms with Crippen molar-refractivity contribution in [2.24, 2.45) is 46.7 Å². The van der Waals surface area contributed by atoms with Crippen LogP contribution in [-0.2, 0) is 9.53 Å². The number of esters is 1. The molecule has 0 amide bonds. The number of rotatable bonds is 17. The summed E-state index contributed by atoms with van der Waals surface area (Å²) in [6.45, 7) is 11.1. The first-order valence-corrected chi connectivity index (χ1v) is 17.2. The van der Waals surface area contributed by atoms with Gasteiger partial charge < -0.3 is 31.5 Å². The lowest BCUT2D eigenvalue weighted by Gasteiger charge is -2.58. The summed E-state index contributed by atoms with van der Waals surface area (Å²) >= 11 is 0. The topological polar surface area (TPSA) is 109 Å². The van der Waals surface area contributed by atoms with Crippen molar-refractivity contribution in [3.63, 3.8) is 0 Å². The van der Waals surface area contributed by atoms with Gasteiger partial charge in [0.05, 0.1) is 12.9 Å². The summed E-state index contributed by atoms with van der Waals surface area (Å²) in [4.78, 5) is 11.7. The highest BCUT2D eigenvalue weighted by molar-refractivity contribution is 5.69. The number of allylic oxidation sites excluding steroid dienone is 2. The summed E-state index contributed by atoms with van der Waals surface area (Å²) in [5.41, 5.74) is 7.27. The van der Waals surface area contributed by atoms with Gasteiger partial charge in [-0.15, -0.1) is 0 Å². The van der Waals surface area contributed by atoms with E-state index in [0.717, 1.165) is 76.1 Å². The van der Waals surface area contributed by atoms with Crippen LogP contribution in [0, 0.1) is 40.9 Å². The molecular weight excluding hydrogens is 512 g/mol. The number of aliphatic hydroxyl groups excluding tert-OH is 1. The van der Waals surface area contributed by atoms with E-state index in [-0.39, 0.29) is 5.97 Å². The van der Waals surface area contributed by atoms with E-state index in [1.54, 1.807) is 0 Å². The molecule has 3 fully saturated rings. The number of nitrogens with two attached hydrogens (primary N) is 1. The molecule has 0 aromatic heterocycles. The summed E-state index contributed by atoms with van der Waals surface area (Å²) in [5, 5.41) is 22.4. The van der Waals surface area contributed by atoms with Crippen LogP contribution in [0.4, 0.5) is 0 Å². The number of fused-ring (bicyclic) bond motifs is 5. The number of carbonyl (C=O) groups excluding carboxylic acids is 1. The second-order valence-corrected chi connectivity index (χ2v) is 14.2. The Hall–Kier alpha value is -1.15. The molecule has 0 heterocycles. The summed E-state index contributed by atoms with van der Waals surface area (Å²) in [5.74, 6) is 4.16. The quantitative estimate of drug-likeness (QED) is 0.118. The van der Waals surface area contributed by atoms with Gasteiger partial charge in [0.1, 0.15) is 0 Å². The summed E-state index contributed by atoms with van der Waals surface area (Å²) < 4.78 is 4.88. The molecule has 0 bridgehead atoms. The Morgan fingerprint density at radius 1 is 1.02 bits per heavy atom. The van der Waals surface area contributed by atoms with E-state index in [4.69, 9.17) is 10.5 Å². The van der Waals surface area contributed by atoms with Crippen LogP contribution in [0.25, 0.3) is 0 Å². The summed E-state index contributed by atoms with van der Waals surface area (Å²) in [6.07, 6.45) is 15.9. The number of ether oxygens (including phenoxy) is 1. The standard InChI is InChI=1S/C34H62N4O3/c1-24(8-13-32(40)41-3)27-11-12-29-28-10-9-25-22-26(14-15-34(25,2)30(28)23-31(39)33(27)29)38-21-7-20-37-18-5-4-17-36-19-6-16-35/h24-30,36-39H,4-23,35H2,1-3H3/t24-,25-,26+,27-,28?,29?,30?,34+/m1/s1. The van der Waals surface area contributed by atoms with Crippen molar-refractivity contribution in [2.45, 2.75) is 110 Å². The maximum atomic E-state index is 11.7. The number of hydrogen-bond acceptors (Lipinski definition) is 7. The Labute approximate surface area is 250 Å². The van der Waals surface area contributed by atoms with Crippen LogP contribution in [0.5, 0.6) is 0 Å². The number of nitrogens with one attached hydrogen (secondary N) is 3. The molecule has 4 aliphatic carbocycles. The number of unbranched alkanes of at least 4 members (excludes halogenated alkanes) is 1. The Balaban J connectivity index is 1.19. The van der Waals surface area contributed by atoms with Gasteiger partial charge in [0, 0.05) is 18.9 Å². The maximum Gasteiger partial charge on any atom is 0.305 e. The molecule has 41 heavy (non-hydrogen) atoms. The zero-order chi connectivity index (χ0) is 29.2. The second-order valence-electron chi connectivity index (χ2n) is 14.2. The van der Waals surface area contributed by atoms with Gasteiger partial charge in [0.25, 0.3) is 0 Å². The molecule has 0 spiro atoms. The fourth-order valence-electron chi connectivity index (χ4n) is 9.37. The first-order chi connectivity index (χ1) is 19.9. The van der Waals surface area contributed by atoms with Crippen LogP contribution in [0.15, 0.2) is 11.3 Å². The number of methoxy groups -OCH3 is 1. The molecule has 7 nitrogen and oxygen atoms in total. The highest BCUT2D eigenvalue weighted by Gasteiger charge is 2.56. The molecule has 236 valence electrons. The van der Waals surface area contributed by atoms with Crippen molar-refractivity contribution >= 4 is 5.97 Å². The monoisotopic (exact) mass is 574 g/mol. The normalized spacial score (nSPS) is 33.7. The minimum Gasteiger partial charge on any atom is -0.512 e. The Bertz CT molecular complexity index is 850. The fraction of sp³-hybridized carbons (Fsp3) is 0.912. The van der Waals surface area contributed by atoms with Crippen LogP contribution in [0.1, 0.15) is 104 Å². The molecule has 0 aromatic carbocycles. The maximum absolute atomic E-state index is 11.7. The number of carbonyl (C=O) groups is 1. The third-order valence-electron chi connectivity index (χ3n) is 11.8. The van der Waals surface area contributed by atoms with Crippen LogP contribution in [-0.4, -0.2) is 63.5 Å². The first kappa shape index (κ1) is 32.8. The number of aliphatic hydroxyl groups is 1. The molecule has 0 aromatic rings. The lowest BCUT2D eigenvalue weighted by atomic mass is 9.48. The summed E-state index contributed by atoms with van der Waals surface area (Å²) in [6, 6.07) is 0.652. The average molecular weight is 575 g/mol. The van der Waals surface area contributed by atoms with Crippen molar-refractivity contribution in [1.29, 1.82) is 0 Å². The van der Waals surface area contributed by atoms with E-state index in [0.29, 0.717) is 41.5 Å². The Kier molecular flexibility index (Phi) is 12.8. The molecule has 0 radical (unpaired) electrons. The molecule has 3 saturated carbocycles. The van der Waals surface area contributed by atoms with Gasteiger partial charge in [-0.3, -0.25) is 4.79 Å². The van der Waals surface area contributed by atoms with Crippen molar-refractivity contribution in [1.82, 2.24) is 16.0 Å². The highest BCUT2D eigenvalue weighted by Crippen LogP contribution is 2.64. The molecule has 4 rings (SSSR count). The molecule has 0 aliphatic heterocycles. The lowest BCUT2D eigenvalue weighted by molar-refractivity contribution is -0.141. The molecule has 4 aliphatic rings. The van der Waals surface area contributed by atoms with Gasteiger partial charge in [-0.1, -0.05) is 13.8 Å². The lowest BCUT2D eigenvalue weighted by Crippen LogP contribution is -2.52. The van der Waals surface area contributed by atoms with Crippen LogP contribution in [0.2, 0.25) is 0 Å². The van der Waals surface area contributed by atoms with E-state index < -0.39 is 0 Å². The van der Waals surface area contributed by atoms with Gasteiger partial charge in [-0.05, 0) is 163 Å². The van der Waals surface area contributed by atoms with E-state index in [2.05, 4.69) is 29.8 Å². The highest BCUT2D eigenvalue weighted by atomic mass is 16.5. The van der Waals surface area contributed by atoms with Gasteiger partial charge in [-0.2, -0.15) is 0 Å². The van der Waals surface area contributed by atoms with Crippen LogP contribution >= 0.6 is 0 Å². The molecule has 7 heteroatoms. The zero-order valence-corrected chi connectivity index (χ0v) is 26.5. The SMILES string of the molecule is COC(=O)CC[C@@H](C)[C@H]1CCC2C1=C(O)CC1C2CC[C@@H]2C[C@@H](NCCCNCCCCNCCCN)CC[C@]12C. The van der Waals surface area contributed by atoms with Crippen molar-refractivity contribution in [2.75, 3.05) is 46.4 Å². The third-order valence-corrected chi connectivity index (χ3v) is 11.8. The first-order valence-electron chi connectivity index (χ1n) is 17.2. The van der Waals surface area contributed by atoms with E-state index in [9.17, 15) is 9.90 Å². The van der Waals surface area contributed by atoms with Crippen LogP contribution < -0.4 is 21.7 Å². The second kappa shape index (κ2) is 16.1. The average Bonchev–Trinajstić information content (AvgIpc) is 3.43. The van der Waals surface area contributed by atoms with E-state index in [1.807, 2.05) is 0 Å². The smallest absolute Gasteiger partial charge is 0.305 e. The zero-order valence-electron chi connectivity index (χ0n) is 26.5. The van der Waals surface area contributed by atoms with Crippen molar-refractivity contribution in [3.05, 3.63) is 11.3 Å². The van der Waals surface area contributed by atoms with Crippen molar-refractivity contribution < 1.29 is 14.6 Å². The minimum absolute atomic E-state index is 0.116. The molecular formula is C34H62N4O3. The van der Waals surface area contributed by atoms with E-state index >= 15 is 0 Å². The molecule has 3 unspecified atom stereocenters.